The van der Waals surface area contributed by atoms with Gasteiger partial charge in [-0.1, -0.05) is 38.1 Å². The summed E-state index contributed by atoms with van der Waals surface area (Å²) in [6.45, 7) is 8.27. The third kappa shape index (κ3) is 7.33. The molecule has 0 saturated carbocycles. The highest BCUT2D eigenvalue weighted by Crippen LogP contribution is 2.34. The van der Waals surface area contributed by atoms with Crippen molar-refractivity contribution < 1.29 is 14.4 Å². The minimum atomic E-state index is -0.224. The number of benzene rings is 1. The quantitative estimate of drug-likeness (QED) is 0.367. The van der Waals surface area contributed by atoms with Crippen LogP contribution in [0.25, 0.3) is 10.6 Å². The molecule has 2 aromatic heterocycles. The zero-order valence-electron chi connectivity index (χ0n) is 19.4. The largest absolute Gasteiger partial charge is 0.351 e. The van der Waals surface area contributed by atoms with E-state index in [4.69, 9.17) is 0 Å². The Balaban J connectivity index is 1.53. The van der Waals surface area contributed by atoms with Crippen molar-refractivity contribution in [2.24, 2.45) is 5.92 Å². The van der Waals surface area contributed by atoms with Crippen LogP contribution in [0.3, 0.4) is 0 Å². The van der Waals surface area contributed by atoms with Crippen LogP contribution in [-0.2, 0) is 22.6 Å². The summed E-state index contributed by atoms with van der Waals surface area (Å²) in [5, 5.41) is 6.13. The summed E-state index contributed by atoms with van der Waals surface area (Å²) in [5.74, 6) is 0.234. The van der Waals surface area contributed by atoms with E-state index in [0.29, 0.717) is 23.2 Å². The van der Waals surface area contributed by atoms with Gasteiger partial charge in [-0.05, 0) is 37.0 Å². The first kappa shape index (κ1) is 24.8. The third-order valence-electron chi connectivity index (χ3n) is 4.95. The topological polar surface area (TPSA) is 88.2 Å². The molecule has 2 amide bonds. The van der Waals surface area contributed by atoms with Crippen molar-refractivity contribution in [3.05, 3.63) is 57.3 Å². The second-order valence-electron chi connectivity index (χ2n) is 8.37. The molecule has 0 aliphatic carbocycles. The molecule has 2 heterocycles. The molecular weight excluding hydrogens is 454 g/mol. The smallest absolute Gasteiger partial charge is 0.226 e. The van der Waals surface area contributed by atoms with Crippen molar-refractivity contribution in [2.45, 2.75) is 53.5 Å². The number of aryl methyl sites for hydroxylation is 1. The number of hydrogen-bond acceptors (Lipinski definition) is 6. The number of hydrogen-bond donors (Lipinski definition) is 2. The molecule has 0 fully saturated rings. The first-order chi connectivity index (χ1) is 15.7. The molecule has 0 unspecified atom stereocenters. The van der Waals surface area contributed by atoms with Gasteiger partial charge in [-0.2, -0.15) is 0 Å². The lowest BCUT2D eigenvalue weighted by Gasteiger charge is -2.06. The molecule has 0 saturated heterocycles. The molecule has 0 radical (unpaired) electrons. The zero-order chi connectivity index (χ0) is 24.0. The molecule has 0 bridgehead atoms. The van der Waals surface area contributed by atoms with Gasteiger partial charge in [0.1, 0.15) is 0 Å². The molecule has 174 valence electrons. The van der Waals surface area contributed by atoms with Gasteiger partial charge in [0, 0.05) is 35.1 Å². The fourth-order valence-electron chi connectivity index (χ4n) is 3.34. The van der Waals surface area contributed by atoms with Gasteiger partial charge in [0.05, 0.1) is 17.1 Å². The Labute approximate surface area is 202 Å². The molecule has 33 heavy (non-hydrogen) atoms. The van der Waals surface area contributed by atoms with Crippen LogP contribution in [0.2, 0.25) is 0 Å². The Morgan fingerprint density at radius 1 is 1.00 bits per heavy atom. The van der Waals surface area contributed by atoms with E-state index in [-0.39, 0.29) is 30.4 Å². The highest BCUT2D eigenvalue weighted by Gasteiger charge is 2.15. The van der Waals surface area contributed by atoms with Gasteiger partial charge in [-0.15, -0.1) is 22.7 Å². The lowest BCUT2D eigenvalue weighted by molar-refractivity contribution is -0.119. The number of anilines is 1. The zero-order valence-corrected chi connectivity index (χ0v) is 21.0. The van der Waals surface area contributed by atoms with E-state index in [1.54, 1.807) is 11.3 Å². The Hall–Kier alpha value is -2.84. The third-order valence-corrected chi connectivity index (χ3v) is 6.93. The van der Waals surface area contributed by atoms with Crippen LogP contribution in [-0.4, -0.2) is 22.6 Å². The molecule has 2 N–H and O–H groups in total. The first-order valence-corrected chi connectivity index (χ1v) is 12.6. The van der Waals surface area contributed by atoms with Crippen LogP contribution in [0.4, 0.5) is 5.13 Å². The van der Waals surface area contributed by atoms with Gasteiger partial charge in [-0.3, -0.25) is 14.4 Å². The fourth-order valence-corrected chi connectivity index (χ4v) is 5.24. The molecule has 1 aromatic carbocycles. The van der Waals surface area contributed by atoms with Crippen molar-refractivity contribution in [2.75, 3.05) is 5.32 Å². The predicted molar refractivity (Wildman–Crippen MR) is 135 cm³/mol. The summed E-state index contributed by atoms with van der Waals surface area (Å²) in [5.41, 5.74) is 2.67. The van der Waals surface area contributed by atoms with Crippen LogP contribution in [0, 0.1) is 12.8 Å². The summed E-state index contributed by atoms with van der Waals surface area (Å²) in [6.07, 6.45) is 1.25. The van der Waals surface area contributed by atoms with Gasteiger partial charge in [0.15, 0.2) is 10.9 Å². The predicted octanol–water partition coefficient (Wildman–Crippen LogP) is 5.62. The van der Waals surface area contributed by atoms with Crippen molar-refractivity contribution in [1.82, 2.24) is 10.3 Å². The molecule has 6 nitrogen and oxygen atoms in total. The Morgan fingerprint density at radius 2 is 1.73 bits per heavy atom. The highest BCUT2D eigenvalue weighted by atomic mass is 32.1. The average Bonchev–Trinajstić information content (AvgIpc) is 3.36. The van der Waals surface area contributed by atoms with Crippen molar-refractivity contribution in [1.29, 1.82) is 0 Å². The molecule has 0 aliphatic rings. The van der Waals surface area contributed by atoms with E-state index < -0.39 is 0 Å². The minimum absolute atomic E-state index is 0.0393. The molecule has 0 spiro atoms. The molecule has 0 atom stereocenters. The van der Waals surface area contributed by atoms with Gasteiger partial charge in [0.2, 0.25) is 11.8 Å². The minimum Gasteiger partial charge on any atom is -0.351 e. The number of Topliss-reactive ketones (excluding diaryl/α,β-unsaturated/α-hetero) is 1. The molecular formula is C25H29N3O3S2. The van der Waals surface area contributed by atoms with E-state index in [1.165, 1.54) is 23.8 Å². The number of thiazole rings is 1. The monoisotopic (exact) mass is 483 g/mol. The summed E-state index contributed by atoms with van der Waals surface area (Å²) < 4.78 is 0. The van der Waals surface area contributed by atoms with Crippen LogP contribution in [0.5, 0.6) is 0 Å². The average molecular weight is 484 g/mol. The second-order valence-corrected chi connectivity index (χ2v) is 10.7. The Morgan fingerprint density at radius 3 is 2.39 bits per heavy atom. The summed E-state index contributed by atoms with van der Waals surface area (Å²) in [6, 6.07) is 11.6. The number of amides is 2. The maximum Gasteiger partial charge on any atom is 0.226 e. The number of rotatable bonds is 10. The second kappa shape index (κ2) is 11.3. The maximum absolute atomic E-state index is 12.5. The van der Waals surface area contributed by atoms with Crippen LogP contribution >= 0.6 is 22.7 Å². The van der Waals surface area contributed by atoms with Gasteiger partial charge < -0.3 is 10.6 Å². The van der Waals surface area contributed by atoms with E-state index in [1.807, 2.05) is 43.3 Å². The van der Waals surface area contributed by atoms with Gasteiger partial charge in [0.25, 0.3) is 0 Å². The van der Waals surface area contributed by atoms with E-state index >= 15 is 0 Å². The highest BCUT2D eigenvalue weighted by molar-refractivity contribution is 7.18. The molecule has 8 heteroatoms. The molecule has 0 aliphatic heterocycles. The number of nitrogens with zero attached hydrogens (tertiary/aromatic N) is 1. The number of ketones is 1. The SMILES string of the molecule is CC(=O)NCc1ccc(-c2nc(NC(=O)CCC(=O)c3ccc(CC(C)C)cc3)sc2C)s1. The van der Waals surface area contributed by atoms with E-state index in [2.05, 4.69) is 29.5 Å². The molecule has 3 aromatic rings. The van der Waals surface area contributed by atoms with Crippen LogP contribution in [0.1, 0.15) is 59.3 Å². The van der Waals surface area contributed by atoms with Crippen LogP contribution < -0.4 is 10.6 Å². The number of carbonyl (C=O) groups is 3. The summed E-state index contributed by atoms with van der Waals surface area (Å²) in [4.78, 5) is 43.5. The maximum atomic E-state index is 12.5. The summed E-state index contributed by atoms with van der Waals surface area (Å²) >= 11 is 2.97. The van der Waals surface area contributed by atoms with Crippen LogP contribution in [0.15, 0.2) is 36.4 Å². The standard InChI is InChI=1S/C25H29N3O3S2/c1-15(2)13-18-5-7-19(8-6-18)21(30)10-12-23(31)27-25-28-24(16(3)32-25)22-11-9-20(33-22)14-26-17(4)29/h5-9,11,15H,10,12-14H2,1-4H3,(H,26,29)(H,27,28,31). The Kier molecular flexibility index (Phi) is 8.52. The number of thiophene rings is 1. The van der Waals surface area contributed by atoms with Gasteiger partial charge >= 0.3 is 0 Å². The number of nitrogens with one attached hydrogen (secondary N) is 2. The molecule has 3 rings (SSSR count). The van der Waals surface area contributed by atoms with Crippen molar-refractivity contribution in [3.63, 3.8) is 0 Å². The Bertz CT molecular complexity index is 1130. The number of aromatic nitrogens is 1. The van der Waals surface area contributed by atoms with Crippen molar-refractivity contribution >= 4 is 45.4 Å². The normalized spacial score (nSPS) is 10.9. The summed E-state index contributed by atoms with van der Waals surface area (Å²) in [7, 11) is 0. The first-order valence-electron chi connectivity index (χ1n) is 10.9. The lowest BCUT2D eigenvalue weighted by Crippen LogP contribution is -2.17. The van der Waals surface area contributed by atoms with Gasteiger partial charge in [-0.25, -0.2) is 4.98 Å². The van der Waals surface area contributed by atoms with Crippen molar-refractivity contribution in [3.8, 4) is 10.6 Å². The van der Waals surface area contributed by atoms with E-state index in [9.17, 15) is 14.4 Å². The lowest BCUT2D eigenvalue weighted by atomic mass is 9.99. The van der Waals surface area contributed by atoms with E-state index in [0.717, 1.165) is 26.7 Å². The number of carbonyl (C=O) groups excluding carboxylic acids is 3. The fraction of sp³-hybridized carbons (Fsp3) is 0.360.